The van der Waals surface area contributed by atoms with Crippen LogP contribution in [-0.4, -0.2) is 11.6 Å². The smallest absolute Gasteiger partial charge is 0.161 e. The van der Waals surface area contributed by atoms with E-state index < -0.39 is 0 Å². The van der Waals surface area contributed by atoms with E-state index in [9.17, 15) is 9.59 Å². The highest BCUT2D eigenvalue weighted by molar-refractivity contribution is 6.06. The molecule has 0 aliphatic carbocycles. The first-order valence-electron chi connectivity index (χ1n) is 4.14. The van der Waals surface area contributed by atoms with Gasteiger partial charge in [-0.1, -0.05) is 0 Å². The van der Waals surface area contributed by atoms with Gasteiger partial charge in [-0.15, -0.1) is 0 Å². The third-order valence-electron chi connectivity index (χ3n) is 1.98. The van der Waals surface area contributed by atoms with Gasteiger partial charge in [0.2, 0.25) is 0 Å². The van der Waals surface area contributed by atoms with Crippen molar-refractivity contribution in [1.29, 1.82) is 0 Å². The number of carbonyl (C=O) groups excluding carboxylic acids is 2. The van der Waals surface area contributed by atoms with E-state index in [1.807, 2.05) is 0 Å². The summed E-state index contributed by atoms with van der Waals surface area (Å²) < 4.78 is 0. The number of hydrogen-bond donors (Lipinski definition) is 2. The summed E-state index contributed by atoms with van der Waals surface area (Å²) in [6, 6.07) is 2.88. The van der Waals surface area contributed by atoms with E-state index in [0.717, 1.165) is 0 Å². The molecule has 1 rings (SSSR count). The zero-order valence-corrected chi connectivity index (χ0v) is 8.13. The molecule has 74 valence electrons. The molecule has 0 aliphatic rings. The molecule has 0 radical (unpaired) electrons. The van der Waals surface area contributed by atoms with Crippen molar-refractivity contribution in [2.75, 3.05) is 11.5 Å². The standard InChI is InChI=1S/C10H12N2O2/c1-5(13)7-3-8(6(2)14)10(12)4-9(7)11/h3-4H,11-12H2,1-2H3. The maximum Gasteiger partial charge on any atom is 0.161 e. The van der Waals surface area contributed by atoms with Crippen LogP contribution in [0.15, 0.2) is 12.1 Å². The summed E-state index contributed by atoms with van der Waals surface area (Å²) in [4.78, 5) is 22.2. The highest BCUT2D eigenvalue weighted by Crippen LogP contribution is 2.21. The summed E-state index contributed by atoms with van der Waals surface area (Å²) in [6.45, 7) is 2.79. The Kier molecular flexibility index (Phi) is 2.56. The first-order chi connectivity index (χ1) is 6.43. The molecule has 0 bridgehead atoms. The van der Waals surface area contributed by atoms with Gasteiger partial charge in [0, 0.05) is 22.5 Å². The predicted octanol–water partition coefficient (Wildman–Crippen LogP) is 1.26. The first kappa shape index (κ1) is 10.2. The molecule has 4 N–H and O–H groups in total. The van der Waals surface area contributed by atoms with Gasteiger partial charge in [0.1, 0.15) is 0 Å². The van der Waals surface area contributed by atoms with Crippen LogP contribution in [0.2, 0.25) is 0 Å². The van der Waals surface area contributed by atoms with Crippen LogP contribution in [-0.2, 0) is 0 Å². The number of benzene rings is 1. The Hall–Kier alpha value is -1.84. The summed E-state index contributed by atoms with van der Waals surface area (Å²) in [5, 5.41) is 0. The van der Waals surface area contributed by atoms with Crippen LogP contribution in [0.4, 0.5) is 11.4 Å². The van der Waals surface area contributed by atoms with E-state index in [4.69, 9.17) is 11.5 Å². The first-order valence-corrected chi connectivity index (χ1v) is 4.14. The Morgan fingerprint density at radius 2 is 1.29 bits per heavy atom. The van der Waals surface area contributed by atoms with Crippen LogP contribution in [0, 0.1) is 0 Å². The molecule has 0 heterocycles. The van der Waals surface area contributed by atoms with Crippen molar-refractivity contribution >= 4 is 22.9 Å². The summed E-state index contributed by atoms with van der Waals surface area (Å²) in [5.74, 6) is -0.352. The fraction of sp³-hybridized carbons (Fsp3) is 0.200. The molecule has 0 saturated heterocycles. The van der Waals surface area contributed by atoms with Crippen LogP contribution >= 0.6 is 0 Å². The topological polar surface area (TPSA) is 86.2 Å². The van der Waals surface area contributed by atoms with E-state index in [-0.39, 0.29) is 11.6 Å². The monoisotopic (exact) mass is 192 g/mol. The predicted molar refractivity (Wildman–Crippen MR) is 55.3 cm³/mol. The molecule has 1 aromatic rings. The Bertz CT molecular complexity index is 376. The van der Waals surface area contributed by atoms with Gasteiger partial charge in [0.05, 0.1) is 0 Å². The molecule has 0 spiro atoms. The lowest BCUT2D eigenvalue weighted by Gasteiger charge is -2.07. The lowest BCUT2D eigenvalue weighted by molar-refractivity contribution is 0.101. The number of hydrogen-bond acceptors (Lipinski definition) is 4. The molecule has 0 fully saturated rings. The second kappa shape index (κ2) is 3.49. The van der Waals surface area contributed by atoms with Crippen molar-refractivity contribution in [3.63, 3.8) is 0 Å². The molecular formula is C10H12N2O2. The van der Waals surface area contributed by atoms with Gasteiger partial charge in [-0.3, -0.25) is 9.59 Å². The molecule has 0 unspecified atom stereocenters. The molecule has 0 atom stereocenters. The average Bonchev–Trinajstić information content (AvgIpc) is 2.02. The summed E-state index contributed by atoms with van der Waals surface area (Å²) in [5.41, 5.74) is 12.4. The molecule has 4 heteroatoms. The third kappa shape index (κ3) is 1.74. The highest BCUT2D eigenvalue weighted by atomic mass is 16.1. The number of rotatable bonds is 2. The van der Waals surface area contributed by atoms with Gasteiger partial charge in [-0.05, 0) is 26.0 Å². The maximum absolute atomic E-state index is 11.1. The number of ketones is 2. The van der Waals surface area contributed by atoms with Gasteiger partial charge >= 0.3 is 0 Å². The second-order valence-corrected chi connectivity index (χ2v) is 3.14. The van der Waals surface area contributed by atoms with Gasteiger partial charge in [-0.2, -0.15) is 0 Å². The SMILES string of the molecule is CC(=O)c1cc(C(C)=O)c(N)cc1N. The van der Waals surface area contributed by atoms with Crippen molar-refractivity contribution in [1.82, 2.24) is 0 Å². The van der Waals surface area contributed by atoms with Gasteiger partial charge in [0.15, 0.2) is 11.6 Å². The maximum atomic E-state index is 11.1. The zero-order valence-electron chi connectivity index (χ0n) is 8.13. The van der Waals surface area contributed by atoms with Gasteiger partial charge < -0.3 is 11.5 Å². The number of anilines is 2. The minimum Gasteiger partial charge on any atom is -0.398 e. The molecule has 0 aliphatic heterocycles. The molecule has 0 aromatic heterocycles. The molecule has 14 heavy (non-hydrogen) atoms. The Morgan fingerprint density at radius 1 is 0.929 bits per heavy atom. The van der Waals surface area contributed by atoms with Crippen molar-refractivity contribution < 1.29 is 9.59 Å². The number of Topliss-reactive ketones (excluding diaryl/α,β-unsaturated/α-hetero) is 2. The van der Waals surface area contributed by atoms with Gasteiger partial charge in [-0.25, -0.2) is 0 Å². The van der Waals surface area contributed by atoms with Crippen molar-refractivity contribution in [2.24, 2.45) is 0 Å². The lowest BCUT2D eigenvalue weighted by Crippen LogP contribution is -2.06. The summed E-state index contributed by atoms with van der Waals surface area (Å²) in [7, 11) is 0. The number of nitrogen functional groups attached to an aromatic ring is 2. The second-order valence-electron chi connectivity index (χ2n) is 3.14. The quantitative estimate of drug-likeness (QED) is 0.545. The summed E-state index contributed by atoms with van der Waals surface area (Å²) in [6.07, 6.45) is 0. The average molecular weight is 192 g/mol. The number of carbonyl (C=O) groups is 2. The van der Waals surface area contributed by atoms with Crippen molar-refractivity contribution in [2.45, 2.75) is 13.8 Å². The Labute approximate surface area is 81.9 Å². The Balaban J connectivity index is 3.42. The van der Waals surface area contributed by atoms with Crippen molar-refractivity contribution in [3.05, 3.63) is 23.3 Å². The van der Waals surface area contributed by atoms with E-state index >= 15 is 0 Å². The highest BCUT2D eigenvalue weighted by Gasteiger charge is 2.11. The van der Waals surface area contributed by atoms with E-state index in [1.165, 1.54) is 26.0 Å². The number of nitrogens with two attached hydrogens (primary N) is 2. The minimum atomic E-state index is -0.176. The van der Waals surface area contributed by atoms with Crippen LogP contribution in [0.1, 0.15) is 34.6 Å². The van der Waals surface area contributed by atoms with E-state index in [1.54, 1.807) is 0 Å². The van der Waals surface area contributed by atoms with E-state index in [0.29, 0.717) is 22.5 Å². The largest absolute Gasteiger partial charge is 0.398 e. The minimum absolute atomic E-state index is 0.176. The van der Waals surface area contributed by atoms with Crippen LogP contribution in [0.25, 0.3) is 0 Å². The molecule has 1 aromatic carbocycles. The molecular weight excluding hydrogens is 180 g/mol. The zero-order chi connectivity index (χ0) is 10.9. The Morgan fingerprint density at radius 3 is 1.57 bits per heavy atom. The van der Waals surface area contributed by atoms with E-state index in [2.05, 4.69) is 0 Å². The lowest BCUT2D eigenvalue weighted by atomic mass is 10.0. The van der Waals surface area contributed by atoms with Crippen LogP contribution in [0.3, 0.4) is 0 Å². The van der Waals surface area contributed by atoms with Crippen LogP contribution < -0.4 is 11.5 Å². The van der Waals surface area contributed by atoms with Gasteiger partial charge in [0.25, 0.3) is 0 Å². The van der Waals surface area contributed by atoms with Crippen molar-refractivity contribution in [3.8, 4) is 0 Å². The fourth-order valence-corrected chi connectivity index (χ4v) is 1.24. The fourth-order valence-electron chi connectivity index (χ4n) is 1.24. The molecule has 4 nitrogen and oxygen atoms in total. The summed E-state index contributed by atoms with van der Waals surface area (Å²) >= 11 is 0. The normalized spacial score (nSPS) is 9.86. The third-order valence-corrected chi connectivity index (χ3v) is 1.98. The molecule has 0 amide bonds. The molecule has 0 saturated carbocycles. The van der Waals surface area contributed by atoms with Crippen LogP contribution in [0.5, 0.6) is 0 Å².